The average Bonchev–Trinajstić information content (AvgIpc) is 2.59. The maximum absolute atomic E-state index is 11.8. The second-order valence-corrected chi connectivity index (χ2v) is 5.19. The van der Waals surface area contributed by atoms with Gasteiger partial charge in [0.05, 0.1) is 16.7 Å². The van der Waals surface area contributed by atoms with Gasteiger partial charge in [-0.3, -0.25) is 0 Å². The Morgan fingerprint density at radius 3 is 2.21 bits per heavy atom. The third-order valence-corrected chi connectivity index (χ3v) is 3.87. The van der Waals surface area contributed by atoms with E-state index in [1.807, 2.05) is 36.4 Å². The predicted molar refractivity (Wildman–Crippen MR) is 91.2 cm³/mol. The molecule has 0 spiro atoms. The highest BCUT2D eigenvalue weighted by molar-refractivity contribution is 6.07. The van der Waals surface area contributed by atoms with Crippen molar-refractivity contribution < 1.29 is 19.8 Å². The van der Waals surface area contributed by atoms with Gasteiger partial charge < -0.3 is 10.2 Å². The van der Waals surface area contributed by atoms with E-state index in [-0.39, 0.29) is 16.7 Å². The Balaban J connectivity index is 2.42. The van der Waals surface area contributed by atoms with Gasteiger partial charge in [0.2, 0.25) is 0 Å². The molecule has 4 nitrogen and oxygen atoms in total. The second-order valence-electron chi connectivity index (χ2n) is 5.19. The van der Waals surface area contributed by atoms with Crippen LogP contribution in [0, 0.1) is 12.3 Å². The first-order valence-electron chi connectivity index (χ1n) is 7.13. The van der Waals surface area contributed by atoms with E-state index in [1.165, 1.54) is 12.1 Å². The number of carboxylic acids is 2. The van der Waals surface area contributed by atoms with Gasteiger partial charge in [0, 0.05) is 0 Å². The van der Waals surface area contributed by atoms with Crippen LogP contribution >= 0.6 is 0 Å². The zero-order valence-corrected chi connectivity index (χ0v) is 12.5. The molecule has 0 saturated heterocycles. The fraction of sp³-hybridized carbons (Fsp3) is 0. The highest BCUT2D eigenvalue weighted by Crippen LogP contribution is 2.33. The molecule has 0 saturated carbocycles. The van der Waals surface area contributed by atoms with E-state index in [1.54, 1.807) is 6.07 Å². The van der Waals surface area contributed by atoms with E-state index in [9.17, 15) is 19.8 Å². The maximum Gasteiger partial charge on any atom is 0.337 e. The van der Waals surface area contributed by atoms with Gasteiger partial charge in [-0.05, 0) is 28.0 Å². The Morgan fingerprint density at radius 2 is 1.54 bits per heavy atom. The van der Waals surface area contributed by atoms with E-state index >= 15 is 0 Å². The largest absolute Gasteiger partial charge is 0.478 e. The van der Waals surface area contributed by atoms with Crippen molar-refractivity contribution in [1.82, 2.24) is 0 Å². The quantitative estimate of drug-likeness (QED) is 0.719. The molecule has 0 aliphatic heterocycles. The average molecular weight is 316 g/mol. The summed E-state index contributed by atoms with van der Waals surface area (Å²) in [5, 5.41) is 20.7. The molecular weight excluding hydrogens is 304 g/mol. The molecular formula is C20H12O4. The predicted octanol–water partition coefficient (Wildman–Crippen LogP) is 3.88. The number of rotatable bonds is 3. The van der Waals surface area contributed by atoms with Gasteiger partial charge in [0.15, 0.2) is 0 Å². The number of benzene rings is 3. The number of carboxylic acid groups (broad SMARTS) is 2. The number of hydrogen-bond acceptors (Lipinski definition) is 2. The van der Waals surface area contributed by atoms with Gasteiger partial charge in [0.25, 0.3) is 0 Å². The standard InChI is InChI=1S/C20H12O4/c1-2-13-17(19(21)22)11-10-16(18(13)20(23)24)15-9-5-7-12-6-3-4-8-14(12)15/h1,3-11H,(H,21,22)(H,23,24). The lowest BCUT2D eigenvalue weighted by Crippen LogP contribution is -2.09. The molecule has 116 valence electrons. The minimum Gasteiger partial charge on any atom is -0.478 e. The van der Waals surface area contributed by atoms with Gasteiger partial charge in [-0.25, -0.2) is 9.59 Å². The summed E-state index contributed by atoms with van der Waals surface area (Å²) in [5.74, 6) is -0.287. The molecule has 0 heterocycles. The Hall–Kier alpha value is -3.58. The lowest BCUT2D eigenvalue weighted by molar-refractivity contribution is 0.0696. The second kappa shape index (κ2) is 5.90. The van der Waals surface area contributed by atoms with Gasteiger partial charge in [-0.1, -0.05) is 54.5 Å². The molecule has 0 aromatic heterocycles. The molecule has 0 atom stereocenters. The van der Waals surface area contributed by atoms with E-state index < -0.39 is 11.9 Å². The third kappa shape index (κ3) is 2.38. The maximum atomic E-state index is 11.8. The van der Waals surface area contributed by atoms with Crippen LogP contribution in [-0.2, 0) is 0 Å². The zero-order valence-electron chi connectivity index (χ0n) is 12.5. The van der Waals surface area contributed by atoms with Crippen LogP contribution in [0.2, 0.25) is 0 Å². The Kier molecular flexibility index (Phi) is 3.77. The summed E-state index contributed by atoms with van der Waals surface area (Å²) in [6, 6.07) is 16.0. The normalized spacial score (nSPS) is 10.3. The third-order valence-electron chi connectivity index (χ3n) is 3.87. The number of aromatic carboxylic acids is 2. The lowest BCUT2D eigenvalue weighted by atomic mass is 9.89. The summed E-state index contributed by atoms with van der Waals surface area (Å²) in [6.45, 7) is 0. The SMILES string of the molecule is C#Cc1c(C(=O)O)ccc(-c2cccc3ccccc23)c1C(=O)O. The van der Waals surface area contributed by atoms with Crippen LogP contribution in [0.5, 0.6) is 0 Å². The molecule has 0 unspecified atom stereocenters. The minimum atomic E-state index is -1.26. The van der Waals surface area contributed by atoms with Crippen molar-refractivity contribution in [3.63, 3.8) is 0 Å². The van der Waals surface area contributed by atoms with Crippen molar-refractivity contribution in [2.75, 3.05) is 0 Å². The summed E-state index contributed by atoms with van der Waals surface area (Å²) in [4.78, 5) is 23.1. The fourth-order valence-corrected chi connectivity index (χ4v) is 2.84. The van der Waals surface area contributed by atoms with Gasteiger partial charge in [0.1, 0.15) is 0 Å². The van der Waals surface area contributed by atoms with Crippen molar-refractivity contribution in [2.45, 2.75) is 0 Å². The van der Waals surface area contributed by atoms with Crippen molar-refractivity contribution in [3.8, 4) is 23.5 Å². The molecule has 0 aliphatic rings. The van der Waals surface area contributed by atoms with Crippen molar-refractivity contribution in [1.29, 1.82) is 0 Å². The highest BCUT2D eigenvalue weighted by atomic mass is 16.4. The van der Waals surface area contributed by atoms with Crippen LogP contribution in [0.25, 0.3) is 21.9 Å². The first-order chi connectivity index (χ1) is 11.5. The minimum absolute atomic E-state index is 0.125. The summed E-state index contributed by atoms with van der Waals surface area (Å²) in [7, 11) is 0. The fourth-order valence-electron chi connectivity index (χ4n) is 2.84. The summed E-state index contributed by atoms with van der Waals surface area (Å²) >= 11 is 0. The molecule has 2 N–H and O–H groups in total. The van der Waals surface area contributed by atoms with Crippen molar-refractivity contribution in [3.05, 3.63) is 71.3 Å². The van der Waals surface area contributed by atoms with Crippen LogP contribution in [0.4, 0.5) is 0 Å². The van der Waals surface area contributed by atoms with Crippen LogP contribution in [0.3, 0.4) is 0 Å². The molecule has 0 aliphatic carbocycles. The van der Waals surface area contributed by atoms with E-state index in [4.69, 9.17) is 6.42 Å². The van der Waals surface area contributed by atoms with Gasteiger partial charge in [-0.2, -0.15) is 0 Å². The molecule has 3 rings (SSSR count). The Labute approximate surface area is 138 Å². The number of carbonyl (C=O) groups is 2. The molecule has 0 bridgehead atoms. The summed E-state index contributed by atoms with van der Waals surface area (Å²) in [6.07, 6.45) is 5.41. The van der Waals surface area contributed by atoms with Crippen LogP contribution in [0.1, 0.15) is 26.3 Å². The van der Waals surface area contributed by atoms with E-state index in [0.29, 0.717) is 11.1 Å². The van der Waals surface area contributed by atoms with Crippen LogP contribution in [0.15, 0.2) is 54.6 Å². The van der Waals surface area contributed by atoms with E-state index in [0.717, 1.165) is 10.8 Å². The smallest absolute Gasteiger partial charge is 0.337 e. The molecule has 3 aromatic carbocycles. The first kappa shape index (κ1) is 15.3. The Bertz CT molecular complexity index is 1020. The lowest BCUT2D eigenvalue weighted by Gasteiger charge is -2.13. The van der Waals surface area contributed by atoms with Crippen LogP contribution in [-0.4, -0.2) is 22.2 Å². The Morgan fingerprint density at radius 1 is 0.833 bits per heavy atom. The summed E-state index contributed by atoms with van der Waals surface area (Å²) in [5.41, 5.74) is 0.601. The summed E-state index contributed by atoms with van der Waals surface area (Å²) < 4.78 is 0. The van der Waals surface area contributed by atoms with Gasteiger partial charge in [-0.15, -0.1) is 6.42 Å². The van der Waals surface area contributed by atoms with Crippen molar-refractivity contribution >= 4 is 22.7 Å². The molecule has 3 aromatic rings. The number of fused-ring (bicyclic) bond motifs is 1. The highest BCUT2D eigenvalue weighted by Gasteiger charge is 2.22. The molecule has 0 radical (unpaired) electrons. The van der Waals surface area contributed by atoms with Crippen LogP contribution < -0.4 is 0 Å². The molecule has 24 heavy (non-hydrogen) atoms. The molecule has 0 amide bonds. The number of terminal acetylenes is 1. The molecule has 0 fully saturated rings. The van der Waals surface area contributed by atoms with Crippen molar-refractivity contribution in [2.24, 2.45) is 0 Å². The monoisotopic (exact) mass is 316 g/mol. The molecule has 4 heteroatoms. The zero-order chi connectivity index (χ0) is 17.3. The topological polar surface area (TPSA) is 74.6 Å². The van der Waals surface area contributed by atoms with Gasteiger partial charge >= 0.3 is 11.9 Å². The van der Waals surface area contributed by atoms with E-state index in [2.05, 4.69) is 5.92 Å². The first-order valence-corrected chi connectivity index (χ1v) is 7.13. The number of hydrogen-bond donors (Lipinski definition) is 2.